The van der Waals surface area contributed by atoms with Crippen LogP contribution in [0.5, 0.6) is 0 Å². The van der Waals surface area contributed by atoms with Crippen LogP contribution in [-0.4, -0.2) is 34.3 Å². The number of nitrogens with one attached hydrogen (secondary N) is 1. The normalized spacial score (nSPS) is 11.5. The summed E-state index contributed by atoms with van der Waals surface area (Å²) >= 11 is 12.8. The van der Waals surface area contributed by atoms with E-state index < -0.39 is 0 Å². The second-order valence-electron chi connectivity index (χ2n) is 7.03. The lowest BCUT2D eigenvalue weighted by Crippen LogP contribution is -2.00. The van der Waals surface area contributed by atoms with Crippen LogP contribution in [0.2, 0.25) is 10.0 Å². The number of H-pyrrole nitrogens is 1. The third-order valence-corrected chi connectivity index (χ3v) is 5.74. The van der Waals surface area contributed by atoms with Gasteiger partial charge in [0.05, 0.1) is 16.7 Å². The number of hydrogen-bond donors (Lipinski definition) is 1. The second kappa shape index (κ2) is 6.94. The molecule has 1 N–H and O–H groups in total. The summed E-state index contributed by atoms with van der Waals surface area (Å²) in [4.78, 5) is 4.84. The Hall–Kier alpha value is -3.68. The van der Waals surface area contributed by atoms with Crippen molar-refractivity contribution in [2.45, 2.75) is 0 Å². The highest BCUT2D eigenvalue weighted by Crippen LogP contribution is 2.37. The van der Waals surface area contributed by atoms with Gasteiger partial charge in [-0.05, 0) is 48.5 Å². The van der Waals surface area contributed by atoms with E-state index in [0.29, 0.717) is 21.6 Å². The molecule has 0 atom stereocenters. The first-order valence-electron chi connectivity index (χ1n) is 9.45. The predicted octanol–water partition coefficient (Wildman–Crippen LogP) is 5.43. The number of benzene rings is 2. The second-order valence-corrected chi connectivity index (χ2v) is 7.87. The fourth-order valence-electron chi connectivity index (χ4n) is 3.74. The third-order valence-electron chi connectivity index (χ3n) is 5.17. The van der Waals surface area contributed by atoms with Crippen molar-refractivity contribution in [3.63, 3.8) is 0 Å². The zero-order chi connectivity index (χ0) is 20.9. The maximum absolute atomic E-state index is 6.54. The molecular formula is C22H13Cl2N7. The zero-order valence-corrected chi connectivity index (χ0v) is 17.4. The lowest BCUT2D eigenvalue weighted by atomic mass is 10.1. The summed E-state index contributed by atoms with van der Waals surface area (Å²) in [5.41, 5.74) is 4.81. The number of hydrogen-bond acceptors (Lipinski definition) is 4. The molecule has 9 heteroatoms. The SMILES string of the molecule is Clc1ccc(Cl)c(-c2nc3ccccn3c2-c2nncn2-c2ccc3[nH]ncc3c2)c1. The van der Waals surface area contributed by atoms with Crippen molar-refractivity contribution in [3.05, 3.63) is 83.4 Å². The van der Waals surface area contributed by atoms with E-state index in [1.165, 1.54) is 0 Å². The molecule has 0 unspecified atom stereocenters. The van der Waals surface area contributed by atoms with Crippen molar-refractivity contribution >= 4 is 39.8 Å². The average Bonchev–Trinajstić information content (AvgIpc) is 3.52. The number of pyridine rings is 1. The van der Waals surface area contributed by atoms with Crippen LogP contribution in [-0.2, 0) is 0 Å². The van der Waals surface area contributed by atoms with Crippen molar-refractivity contribution in [3.8, 4) is 28.5 Å². The van der Waals surface area contributed by atoms with Crippen molar-refractivity contribution in [2.24, 2.45) is 0 Å². The van der Waals surface area contributed by atoms with Crippen LogP contribution in [0.1, 0.15) is 0 Å². The van der Waals surface area contributed by atoms with E-state index in [9.17, 15) is 0 Å². The summed E-state index contributed by atoms with van der Waals surface area (Å²) in [6.45, 7) is 0. The van der Waals surface area contributed by atoms with Gasteiger partial charge in [0, 0.05) is 27.9 Å². The molecule has 4 aromatic heterocycles. The highest BCUT2D eigenvalue weighted by Gasteiger charge is 2.23. The lowest BCUT2D eigenvalue weighted by Gasteiger charge is -2.10. The molecule has 0 saturated heterocycles. The molecule has 2 aromatic carbocycles. The largest absolute Gasteiger partial charge is 0.296 e. The maximum atomic E-state index is 6.54. The molecule has 0 amide bonds. The Kier molecular flexibility index (Phi) is 4.05. The van der Waals surface area contributed by atoms with Gasteiger partial charge in [-0.15, -0.1) is 10.2 Å². The Labute approximate surface area is 185 Å². The zero-order valence-electron chi connectivity index (χ0n) is 15.9. The number of halogens is 2. The maximum Gasteiger partial charge on any atom is 0.187 e. The smallest absolute Gasteiger partial charge is 0.187 e. The van der Waals surface area contributed by atoms with Crippen LogP contribution in [0.3, 0.4) is 0 Å². The van der Waals surface area contributed by atoms with Crippen LogP contribution < -0.4 is 0 Å². The van der Waals surface area contributed by atoms with Gasteiger partial charge in [-0.25, -0.2) is 4.98 Å². The number of aromatic amines is 1. The van der Waals surface area contributed by atoms with Crippen LogP contribution in [0.4, 0.5) is 0 Å². The van der Waals surface area contributed by atoms with E-state index in [1.54, 1.807) is 24.7 Å². The summed E-state index contributed by atoms with van der Waals surface area (Å²) in [7, 11) is 0. The van der Waals surface area contributed by atoms with Gasteiger partial charge < -0.3 is 0 Å². The number of fused-ring (bicyclic) bond motifs is 2. The van der Waals surface area contributed by atoms with Gasteiger partial charge in [-0.2, -0.15) is 5.10 Å². The molecule has 4 heterocycles. The summed E-state index contributed by atoms with van der Waals surface area (Å²) in [5.74, 6) is 0.632. The molecule has 0 aliphatic carbocycles. The van der Waals surface area contributed by atoms with Gasteiger partial charge in [-0.1, -0.05) is 29.3 Å². The standard InChI is InChI=1S/C22H13Cl2N7/c23-14-4-6-17(24)16(10-14)20-21(30-8-2-1-3-19(30)27-20)22-29-26-12-31(22)15-5-7-18-13(9-15)11-25-28-18/h1-12H,(H,25,28). The topological polar surface area (TPSA) is 76.7 Å². The summed E-state index contributed by atoms with van der Waals surface area (Å²) < 4.78 is 3.90. The molecule has 31 heavy (non-hydrogen) atoms. The minimum atomic E-state index is 0.555. The van der Waals surface area contributed by atoms with E-state index in [2.05, 4.69) is 20.4 Å². The van der Waals surface area contributed by atoms with E-state index in [1.807, 2.05) is 57.6 Å². The number of imidazole rings is 1. The van der Waals surface area contributed by atoms with E-state index >= 15 is 0 Å². The molecular weight excluding hydrogens is 433 g/mol. The fourth-order valence-corrected chi connectivity index (χ4v) is 4.12. The molecule has 0 saturated carbocycles. The van der Waals surface area contributed by atoms with Crippen molar-refractivity contribution in [1.82, 2.24) is 34.3 Å². The minimum Gasteiger partial charge on any atom is -0.296 e. The Morgan fingerprint density at radius 2 is 1.90 bits per heavy atom. The van der Waals surface area contributed by atoms with Gasteiger partial charge >= 0.3 is 0 Å². The van der Waals surface area contributed by atoms with E-state index in [4.69, 9.17) is 28.2 Å². The van der Waals surface area contributed by atoms with Gasteiger partial charge in [0.1, 0.15) is 23.4 Å². The Bertz CT molecular complexity index is 1580. The van der Waals surface area contributed by atoms with Crippen LogP contribution in [0, 0.1) is 0 Å². The van der Waals surface area contributed by atoms with Gasteiger partial charge in [-0.3, -0.25) is 14.1 Å². The molecule has 0 fully saturated rings. The van der Waals surface area contributed by atoms with E-state index in [-0.39, 0.29) is 0 Å². The molecule has 6 rings (SSSR count). The molecule has 150 valence electrons. The summed E-state index contributed by atoms with van der Waals surface area (Å²) in [5, 5.41) is 17.8. The quantitative estimate of drug-likeness (QED) is 0.393. The van der Waals surface area contributed by atoms with Gasteiger partial charge in [0.15, 0.2) is 5.82 Å². The number of nitrogens with zero attached hydrogens (tertiary/aromatic N) is 6. The number of aromatic nitrogens is 7. The average molecular weight is 446 g/mol. The predicted molar refractivity (Wildman–Crippen MR) is 121 cm³/mol. The Morgan fingerprint density at radius 3 is 2.84 bits per heavy atom. The first-order chi connectivity index (χ1) is 15.2. The Morgan fingerprint density at radius 1 is 0.968 bits per heavy atom. The van der Waals surface area contributed by atoms with Crippen LogP contribution >= 0.6 is 23.2 Å². The van der Waals surface area contributed by atoms with E-state index in [0.717, 1.165) is 33.5 Å². The van der Waals surface area contributed by atoms with Crippen molar-refractivity contribution in [2.75, 3.05) is 0 Å². The van der Waals surface area contributed by atoms with Crippen molar-refractivity contribution in [1.29, 1.82) is 0 Å². The Balaban J connectivity index is 1.64. The van der Waals surface area contributed by atoms with Gasteiger partial charge in [0.25, 0.3) is 0 Å². The number of rotatable bonds is 3. The third kappa shape index (κ3) is 2.90. The molecule has 6 aromatic rings. The summed E-state index contributed by atoms with van der Waals surface area (Å²) in [6, 6.07) is 17.1. The molecule has 7 nitrogen and oxygen atoms in total. The van der Waals surface area contributed by atoms with Crippen molar-refractivity contribution < 1.29 is 0 Å². The first-order valence-corrected chi connectivity index (χ1v) is 10.2. The van der Waals surface area contributed by atoms with Crippen LogP contribution in [0.25, 0.3) is 45.0 Å². The fraction of sp³-hybridized carbons (Fsp3) is 0. The molecule has 0 aliphatic rings. The lowest BCUT2D eigenvalue weighted by molar-refractivity contribution is 1.04. The molecule has 0 aliphatic heterocycles. The van der Waals surface area contributed by atoms with Crippen LogP contribution in [0.15, 0.2) is 73.3 Å². The highest BCUT2D eigenvalue weighted by atomic mass is 35.5. The highest BCUT2D eigenvalue weighted by molar-refractivity contribution is 6.35. The van der Waals surface area contributed by atoms with Gasteiger partial charge in [0.2, 0.25) is 0 Å². The molecule has 0 spiro atoms. The first kappa shape index (κ1) is 18.1. The summed E-state index contributed by atoms with van der Waals surface area (Å²) in [6.07, 6.45) is 5.41. The molecule has 0 radical (unpaired) electrons. The monoisotopic (exact) mass is 445 g/mol. The minimum absolute atomic E-state index is 0.555. The molecule has 0 bridgehead atoms.